The molecule has 1 fully saturated rings. The third-order valence-electron chi connectivity index (χ3n) is 2.84. The Kier molecular flexibility index (Phi) is 4.88. The van der Waals surface area contributed by atoms with Gasteiger partial charge >= 0.3 is 7.05 Å². The van der Waals surface area contributed by atoms with Crippen molar-refractivity contribution in [2.45, 2.75) is 45.2 Å². The van der Waals surface area contributed by atoms with Crippen molar-refractivity contribution in [1.29, 1.82) is 0 Å². The number of carbonyl (C=O) groups is 1. The average Bonchev–Trinajstić information content (AvgIpc) is 2.28. The van der Waals surface area contributed by atoms with Gasteiger partial charge in [0.25, 0.3) is 0 Å². The first-order valence-corrected chi connectivity index (χ1v) is 5.63. The van der Waals surface area contributed by atoms with Gasteiger partial charge in [0, 0.05) is 0 Å². The summed E-state index contributed by atoms with van der Waals surface area (Å²) in [4.78, 5) is 23.8. The molecule has 1 saturated heterocycles. The van der Waals surface area contributed by atoms with Crippen molar-refractivity contribution in [2.24, 2.45) is 5.18 Å². The van der Waals surface area contributed by atoms with Crippen LogP contribution in [0.15, 0.2) is 5.18 Å². The number of rotatable bonds is 4. The van der Waals surface area contributed by atoms with E-state index in [0.29, 0.717) is 13.0 Å². The van der Waals surface area contributed by atoms with Crippen LogP contribution in [-0.4, -0.2) is 41.5 Å². The van der Waals surface area contributed by atoms with E-state index in [9.17, 15) is 14.7 Å². The molecule has 2 N–H and O–H groups in total. The van der Waals surface area contributed by atoms with E-state index in [1.807, 2.05) is 0 Å². The number of nitrogens with one attached hydrogen (secondary N) is 1. The smallest absolute Gasteiger partial charge is 0.377 e. The van der Waals surface area contributed by atoms with Crippen LogP contribution in [-0.2, 0) is 4.79 Å². The predicted octanol–water partition coefficient (Wildman–Crippen LogP) is 0.180. The van der Waals surface area contributed by atoms with Gasteiger partial charge in [0.1, 0.15) is 0 Å². The fraction of sp³-hybridized carbons (Fsp3) is 0.889. The van der Waals surface area contributed by atoms with E-state index in [4.69, 9.17) is 0 Å². The fourth-order valence-electron chi connectivity index (χ4n) is 2.01. The van der Waals surface area contributed by atoms with Gasteiger partial charge in [-0.15, -0.1) is 4.91 Å². The number of nitroso groups, excluding NO2 is 1. The first-order valence-electron chi connectivity index (χ1n) is 5.63. The van der Waals surface area contributed by atoms with Crippen molar-refractivity contribution in [3.63, 3.8) is 0 Å². The Labute approximate surface area is 95.5 Å². The average molecular weight is 227 g/mol. The van der Waals surface area contributed by atoms with Gasteiger partial charge in [-0.05, 0) is 38.3 Å². The Balaban J connectivity index is 2.60. The minimum absolute atomic E-state index is 0.229. The highest BCUT2D eigenvalue weighted by atomic mass is 16.3. The number of hydrogen-bond donors (Lipinski definition) is 2. The van der Waals surface area contributed by atoms with Crippen molar-refractivity contribution >= 4 is 13.0 Å². The quantitative estimate of drug-likeness (QED) is 0.530. The van der Waals surface area contributed by atoms with Crippen LogP contribution < -0.4 is 5.32 Å². The Morgan fingerprint density at radius 2 is 2.31 bits per heavy atom. The molecule has 0 radical (unpaired) electrons. The number of nitrogens with zero attached hydrogens (tertiary/aromatic N) is 2. The van der Waals surface area contributed by atoms with Gasteiger partial charge < -0.3 is 15.2 Å². The van der Waals surface area contributed by atoms with Crippen molar-refractivity contribution in [3.8, 4) is 0 Å². The molecule has 6 nitrogen and oxygen atoms in total. The fourth-order valence-corrected chi connectivity index (χ4v) is 2.01. The highest BCUT2D eigenvalue weighted by molar-refractivity contribution is 6.45. The molecule has 2 unspecified atom stereocenters. The lowest BCUT2D eigenvalue weighted by Crippen LogP contribution is -2.55. The molecule has 0 spiro atoms. The number of carbonyl (C=O) groups excluding carboxylic acids is 1. The molecule has 2 atom stereocenters. The third kappa shape index (κ3) is 3.28. The van der Waals surface area contributed by atoms with Crippen molar-refractivity contribution < 1.29 is 9.82 Å². The summed E-state index contributed by atoms with van der Waals surface area (Å²) >= 11 is 0. The Morgan fingerprint density at radius 1 is 1.62 bits per heavy atom. The molecule has 0 aromatic carbocycles. The highest BCUT2D eigenvalue weighted by Crippen LogP contribution is 2.17. The normalized spacial score (nSPS) is 23.6. The summed E-state index contributed by atoms with van der Waals surface area (Å²) in [5.41, 5.74) is 0. The Bertz CT molecular complexity index is 262. The molecule has 1 heterocycles. The van der Waals surface area contributed by atoms with Gasteiger partial charge in [0.15, 0.2) is 6.17 Å². The topological polar surface area (TPSA) is 82.0 Å². The van der Waals surface area contributed by atoms with Gasteiger partial charge in [-0.2, -0.15) is 0 Å². The first kappa shape index (κ1) is 13.1. The van der Waals surface area contributed by atoms with Gasteiger partial charge in [-0.3, -0.25) is 4.79 Å². The summed E-state index contributed by atoms with van der Waals surface area (Å²) in [6, 6.07) is -0.349. The van der Waals surface area contributed by atoms with Crippen molar-refractivity contribution in [2.75, 3.05) is 6.54 Å². The molecule has 0 aliphatic carbocycles. The SMILES string of the molecule is CB(O)N1CCCCC1C(=O)NC(C)N=O. The second-order valence-corrected chi connectivity index (χ2v) is 4.17. The molecule has 0 bridgehead atoms. The van der Waals surface area contributed by atoms with Gasteiger partial charge in [-0.1, -0.05) is 6.42 Å². The van der Waals surface area contributed by atoms with Crippen LogP contribution >= 0.6 is 0 Å². The molecule has 1 aliphatic heterocycles. The Morgan fingerprint density at radius 3 is 2.88 bits per heavy atom. The molecule has 16 heavy (non-hydrogen) atoms. The van der Waals surface area contributed by atoms with Gasteiger partial charge in [-0.25, -0.2) is 0 Å². The molecule has 0 aromatic rings. The summed E-state index contributed by atoms with van der Waals surface area (Å²) < 4.78 is 0. The van der Waals surface area contributed by atoms with Crippen LogP contribution in [0.25, 0.3) is 0 Å². The predicted molar refractivity (Wildman–Crippen MR) is 61.6 cm³/mol. The molecule has 1 aliphatic rings. The zero-order valence-electron chi connectivity index (χ0n) is 9.72. The maximum Gasteiger partial charge on any atom is 0.377 e. The standard InChI is InChI=1S/C9H18BN3O3/c1-7(12-16)11-9(14)8-5-3-4-6-13(8)10(2)15/h7-8,15H,3-6H2,1-2H3,(H,11,14). The third-order valence-corrected chi connectivity index (χ3v) is 2.84. The number of piperidine rings is 1. The van der Waals surface area contributed by atoms with E-state index < -0.39 is 13.2 Å². The molecular weight excluding hydrogens is 209 g/mol. The first-order chi connectivity index (χ1) is 7.56. The summed E-state index contributed by atoms with van der Waals surface area (Å²) in [6.45, 7) is 3.88. The lowest BCUT2D eigenvalue weighted by Gasteiger charge is -2.35. The summed E-state index contributed by atoms with van der Waals surface area (Å²) in [5.74, 6) is -0.229. The number of hydrogen-bond acceptors (Lipinski definition) is 5. The van der Waals surface area contributed by atoms with E-state index in [1.54, 1.807) is 11.6 Å². The second-order valence-electron chi connectivity index (χ2n) is 4.17. The summed E-state index contributed by atoms with van der Waals surface area (Å²) in [6.07, 6.45) is 1.94. The molecule has 0 saturated carbocycles. The zero-order chi connectivity index (χ0) is 12.1. The summed E-state index contributed by atoms with van der Waals surface area (Å²) in [7, 11) is -0.643. The van der Waals surface area contributed by atoms with Crippen LogP contribution in [0.4, 0.5) is 0 Å². The lowest BCUT2D eigenvalue weighted by atomic mass is 9.79. The molecule has 90 valence electrons. The highest BCUT2D eigenvalue weighted by Gasteiger charge is 2.33. The second kappa shape index (κ2) is 5.96. The van der Waals surface area contributed by atoms with E-state index in [2.05, 4.69) is 10.5 Å². The minimum Gasteiger partial charge on any atom is -0.437 e. The van der Waals surface area contributed by atoms with Crippen LogP contribution in [0.1, 0.15) is 26.2 Å². The van der Waals surface area contributed by atoms with E-state index >= 15 is 0 Å². The maximum atomic E-state index is 11.8. The number of amides is 1. The maximum absolute atomic E-state index is 11.8. The Hall–Kier alpha value is -0.945. The molecule has 7 heteroatoms. The van der Waals surface area contributed by atoms with E-state index in [-0.39, 0.29) is 11.9 Å². The van der Waals surface area contributed by atoms with Crippen molar-refractivity contribution in [1.82, 2.24) is 10.1 Å². The van der Waals surface area contributed by atoms with Crippen molar-refractivity contribution in [3.05, 3.63) is 4.91 Å². The van der Waals surface area contributed by atoms with Crippen LogP contribution in [0, 0.1) is 4.91 Å². The van der Waals surface area contributed by atoms with Crippen LogP contribution in [0.3, 0.4) is 0 Å². The van der Waals surface area contributed by atoms with Gasteiger partial charge in [0.2, 0.25) is 5.91 Å². The molecule has 1 amide bonds. The van der Waals surface area contributed by atoms with Crippen LogP contribution in [0.5, 0.6) is 0 Å². The molecular formula is C9H18BN3O3. The summed E-state index contributed by atoms with van der Waals surface area (Å²) in [5, 5.41) is 14.8. The van der Waals surface area contributed by atoms with E-state index in [0.717, 1.165) is 12.8 Å². The van der Waals surface area contributed by atoms with E-state index in [1.165, 1.54) is 6.92 Å². The van der Waals surface area contributed by atoms with Gasteiger partial charge in [0.05, 0.1) is 6.04 Å². The van der Waals surface area contributed by atoms with Crippen LogP contribution in [0.2, 0.25) is 6.82 Å². The largest absolute Gasteiger partial charge is 0.437 e. The molecule has 1 rings (SSSR count). The lowest BCUT2D eigenvalue weighted by molar-refractivity contribution is -0.126. The minimum atomic E-state index is -0.717. The zero-order valence-corrected chi connectivity index (χ0v) is 9.72. The molecule has 0 aromatic heterocycles. The monoisotopic (exact) mass is 227 g/mol.